The number of para-hydroxylation sites is 1. The van der Waals surface area contributed by atoms with Crippen molar-refractivity contribution in [3.05, 3.63) is 48.4 Å². The molecule has 1 amide bonds. The van der Waals surface area contributed by atoms with E-state index in [1.807, 2.05) is 6.07 Å². The molecule has 3 rings (SSSR count). The minimum Gasteiger partial charge on any atom is -0.383 e. The molecule has 0 aliphatic rings. The first kappa shape index (κ1) is 16.3. The van der Waals surface area contributed by atoms with Gasteiger partial charge in [0.25, 0.3) is 0 Å². The number of methoxy groups -OCH3 is 1. The van der Waals surface area contributed by atoms with Gasteiger partial charge >= 0.3 is 0 Å². The Bertz CT molecular complexity index is 793. The molecule has 0 spiro atoms. The van der Waals surface area contributed by atoms with Crippen LogP contribution in [0.4, 0.5) is 5.95 Å². The van der Waals surface area contributed by atoms with E-state index < -0.39 is 0 Å². The van der Waals surface area contributed by atoms with Crippen LogP contribution in [0.25, 0.3) is 10.9 Å². The number of fused-ring (bicyclic) bond motifs is 1. The topological polar surface area (TPSA) is 71.9 Å². The van der Waals surface area contributed by atoms with Gasteiger partial charge in [-0.2, -0.15) is 0 Å². The molecule has 0 saturated heterocycles. The zero-order valence-corrected chi connectivity index (χ0v) is 13.8. The van der Waals surface area contributed by atoms with E-state index in [9.17, 15) is 4.79 Å². The molecule has 1 aromatic carbocycles. The van der Waals surface area contributed by atoms with Gasteiger partial charge in [-0.15, -0.1) is 0 Å². The Morgan fingerprint density at radius 2 is 2.25 bits per heavy atom. The number of aromatic nitrogens is 3. The SMILES string of the molecule is COCCn1cc(CCCC(=O)Nc2ncc[nH]2)c2ccccc21. The lowest BCUT2D eigenvalue weighted by Gasteiger charge is -2.03. The first-order valence-electron chi connectivity index (χ1n) is 8.13. The monoisotopic (exact) mass is 326 g/mol. The number of aryl methyl sites for hydroxylation is 1. The predicted octanol–water partition coefficient (Wildman–Crippen LogP) is 2.97. The second-order valence-electron chi connectivity index (χ2n) is 5.70. The van der Waals surface area contributed by atoms with E-state index in [2.05, 4.69) is 44.2 Å². The highest BCUT2D eigenvalue weighted by Crippen LogP contribution is 2.23. The molecule has 3 aromatic rings. The molecule has 6 heteroatoms. The van der Waals surface area contributed by atoms with Crippen LogP contribution in [-0.4, -0.2) is 34.2 Å². The Balaban J connectivity index is 1.61. The summed E-state index contributed by atoms with van der Waals surface area (Å²) in [4.78, 5) is 18.8. The van der Waals surface area contributed by atoms with Gasteiger partial charge in [0, 0.05) is 49.6 Å². The third-order valence-electron chi connectivity index (χ3n) is 4.01. The first-order chi connectivity index (χ1) is 11.8. The smallest absolute Gasteiger partial charge is 0.226 e. The molecule has 0 fully saturated rings. The molecule has 0 unspecified atom stereocenters. The zero-order valence-electron chi connectivity index (χ0n) is 13.8. The van der Waals surface area contributed by atoms with Gasteiger partial charge in [0.1, 0.15) is 0 Å². The number of H-pyrrole nitrogens is 1. The van der Waals surface area contributed by atoms with Crippen molar-refractivity contribution in [3.8, 4) is 0 Å². The number of benzene rings is 1. The summed E-state index contributed by atoms with van der Waals surface area (Å²) in [7, 11) is 1.71. The fourth-order valence-corrected chi connectivity index (χ4v) is 2.86. The number of amides is 1. The number of nitrogens with one attached hydrogen (secondary N) is 2. The van der Waals surface area contributed by atoms with Crippen LogP contribution >= 0.6 is 0 Å². The highest BCUT2D eigenvalue weighted by molar-refractivity contribution is 5.89. The third kappa shape index (κ3) is 3.83. The summed E-state index contributed by atoms with van der Waals surface area (Å²) < 4.78 is 7.40. The Kier molecular flexibility index (Phi) is 5.28. The number of nitrogens with zero attached hydrogens (tertiary/aromatic N) is 2. The molecular weight excluding hydrogens is 304 g/mol. The number of hydrogen-bond acceptors (Lipinski definition) is 3. The predicted molar refractivity (Wildman–Crippen MR) is 94.0 cm³/mol. The van der Waals surface area contributed by atoms with Gasteiger partial charge < -0.3 is 14.3 Å². The molecule has 0 bridgehead atoms. The number of carbonyl (C=O) groups excluding carboxylic acids is 1. The van der Waals surface area contributed by atoms with Gasteiger partial charge in [0.15, 0.2) is 0 Å². The van der Waals surface area contributed by atoms with E-state index in [1.165, 1.54) is 16.5 Å². The van der Waals surface area contributed by atoms with Crippen LogP contribution in [0.5, 0.6) is 0 Å². The van der Waals surface area contributed by atoms with Crippen LogP contribution in [0.1, 0.15) is 18.4 Å². The molecule has 0 aliphatic carbocycles. The van der Waals surface area contributed by atoms with Crippen LogP contribution in [0.15, 0.2) is 42.9 Å². The Labute approximate surface area is 140 Å². The van der Waals surface area contributed by atoms with E-state index >= 15 is 0 Å². The fraction of sp³-hybridized carbons (Fsp3) is 0.333. The lowest BCUT2D eigenvalue weighted by Crippen LogP contribution is -2.12. The van der Waals surface area contributed by atoms with Crippen molar-refractivity contribution in [1.29, 1.82) is 0 Å². The van der Waals surface area contributed by atoms with Crippen LogP contribution < -0.4 is 5.32 Å². The van der Waals surface area contributed by atoms with Crippen molar-refractivity contribution in [2.24, 2.45) is 0 Å². The van der Waals surface area contributed by atoms with E-state index in [0.717, 1.165) is 19.4 Å². The summed E-state index contributed by atoms with van der Waals surface area (Å²) in [5.41, 5.74) is 2.48. The standard InChI is InChI=1S/C18H22N4O2/c1-24-12-11-22-13-14(15-6-2-3-7-16(15)22)5-4-8-17(23)21-18-19-9-10-20-18/h2-3,6-7,9-10,13H,4-5,8,11-12H2,1H3,(H2,19,20,21,23). The van der Waals surface area contributed by atoms with Crippen molar-refractivity contribution >= 4 is 22.8 Å². The summed E-state index contributed by atoms with van der Waals surface area (Å²) in [6.07, 6.45) is 7.61. The van der Waals surface area contributed by atoms with Crippen molar-refractivity contribution in [2.75, 3.05) is 19.0 Å². The molecule has 2 aromatic heterocycles. The highest BCUT2D eigenvalue weighted by Gasteiger charge is 2.09. The van der Waals surface area contributed by atoms with Crippen molar-refractivity contribution in [2.45, 2.75) is 25.8 Å². The third-order valence-corrected chi connectivity index (χ3v) is 4.01. The number of hydrogen-bond donors (Lipinski definition) is 2. The number of anilines is 1. The number of carbonyl (C=O) groups is 1. The maximum atomic E-state index is 11.9. The average Bonchev–Trinajstić information content (AvgIpc) is 3.21. The molecule has 0 radical (unpaired) electrons. The van der Waals surface area contributed by atoms with E-state index in [1.54, 1.807) is 19.5 Å². The van der Waals surface area contributed by atoms with Gasteiger partial charge in [0.05, 0.1) is 6.61 Å². The van der Waals surface area contributed by atoms with E-state index in [-0.39, 0.29) is 5.91 Å². The number of ether oxygens (including phenoxy) is 1. The first-order valence-corrected chi connectivity index (χ1v) is 8.13. The summed E-state index contributed by atoms with van der Waals surface area (Å²) in [6, 6.07) is 8.36. The Morgan fingerprint density at radius 1 is 1.38 bits per heavy atom. The van der Waals surface area contributed by atoms with Crippen LogP contribution in [-0.2, 0) is 22.5 Å². The summed E-state index contributed by atoms with van der Waals surface area (Å²) in [5.74, 6) is 0.476. The molecule has 24 heavy (non-hydrogen) atoms. The van der Waals surface area contributed by atoms with Gasteiger partial charge in [-0.1, -0.05) is 18.2 Å². The quantitative estimate of drug-likeness (QED) is 0.668. The minimum absolute atomic E-state index is 0.0203. The maximum absolute atomic E-state index is 11.9. The summed E-state index contributed by atoms with van der Waals surface area (Å²) in [5, 5.41) is 4.00. The average molecular weight is 326 g/mol. The lowest BCUT2D eigenvalue weighted by molar-refractivity contribution is -0.116. The summed E-state index contributed by atoms with van der Waals surface area (Å²) in [6.45, 7) is 1.51. The van der Waals surface area contributed by atoms with Gasteiger partial charge in [-0.25, -0.2) is 4.98 Å². The van der Waals surface area contributed by atoms with Gasteiger partial charge in [-0.05, 0) is 24.5 Å². The van der Waals surface area contributed by atoms with Gasteiger partial charge in [-0.3, -0.25) is 10.1 Å². The molecule has 126 valence electrons. The second kappa shape index (κ2) is 7.79. The van der Waals surface area contributed by atoms with Crippen molar-refractivity contribution in [3.63, 3.8) is 0 Å². The fourth-order valence-electron chi connectivity index (χ4n) is 2.86. The Hall–Kier alpha value is -2.60. The number of aromatic amines is 1. The maximum Gasteiger partial charge on any atom is 0.226 e. The second-order valence-corrected chi connectivity index (χ2v) is 5.70. The van der Waals surface area contributed by atoms with Crippen molar-refractivity contribution < 1.29 is 9.53 Å². The lowest BCUT2D eigenvalue weighted by atomic mass is 10.1. The molecule has 0 saturated carbocycles. The number of rotatable bonds is 8. The minimum atomic E-state index is -0.0203. The van der Waals surface area contributed by atoms with Crippen LogP contribution in [0.2, 0.25) is 0 Å². The van der Waals surface area contributed by atoms with Crippen LogP contribution in [0, 0.1) is 0 Å². The molecule has 2 heterocycles. The van der Waals surface area contributed by atoms with Gasteiger partial charge in [0.2, 0.25) is 11.9 Å². The highest BCUT2D eigenvalue weighted by atomic mass is 16.5. The molecule has 6 nitrogen and oxygen atoms in total. The van der Waals surface area contributed by atoms with E-state index in [0.29, 0.717) is 19.0 Å². The molecular formula is C18H22N4O2. The summed E-state index contributed by atoms with van der Waals surface area (Å²) >= 11 is 0. The van der Waals surface area contributed by atoms with E-state index in [4.69, 9.17) is 4.74 Å². The molecule has 0 aliphatic heterocycles. The zero-order chi connectivity index (χ0) is 16.8. The van der Waals surface area contributed by atoms with Crippen molar-refractivity contribution in [1.82, 2.24) is 14.5 Å². The Morgan fingerprint density at radius 3 is 3.04 bits per heavy atom. The molecule has 0 atom stereocenters. The largest absolute Gasteiger partial charge is 0.383 e. The normalized spacial score (nSPS) is 11.0. The van der Waals surface area contributed by atoms with Crippen LogP contribution in [0.3, 0.4) is 0 Å². The molecule has 2 N–H and O–H groups in total. The number of imidazole rings is 1.